The van der Waals surface area contributed by atoms with E-state index in [-0.39, 0.29) is 17.2 Å². The summed E-state index contributed by atoms with van der Waals surface area (Å²) in [4.78, 5) is 26.9. The van der Waals surface area contributed by atoms with Crippen LogP contribution in [0, 0.1) is 0 Å². The second-order valence-electron chi connectivity index (χ2n) is 7.04. The summed E-state index contributed by atoms with van der Waals surface area (Å²) in [6.45, 7) is 2.13. The van der Waals surface area contributed by atoms with Gasteiger partial charge >= 0.3 is 0 Å². The second-order valence-corrected chi connectivity index (χ2v) is 7.04. The van der Waals surface area contributed by atoms with Crippen LogP contribution in [0.4, 0.5) is 0 Å². The Balaban J connectivity index is 1.53. The highest BCUT2D eigenvalue weighted by molar-refractivity contribution is 5.22. The largest absolute Gasteiger partial charge is 0.294 e. The van der Waals surface area contributed by atoms with Crippen LogP contribution in [0.25, 0.3) is 0 Å². The molecule has 1 saturated heterocycles. The molecule has 0 aromatic carbocycles. The van der Waals surface area contributed by atoms with Gasteiger partial charge in [-0.2, -0.15) is 10.2 Å². The van der Waals surface area contributed by atoms with Crippen LogP contribution in [0.1, 0.15) is 36.1 Å². The third kappa shape index (κ3) is 3.16. The number of fused-ring (bicyclic) bond motifs is 1. The van der Waals surface area contributed by atoms with Crippen molar-refractivity contribution in [3.63, 3.8) is 0 Å². The molecule has 1 aliphatic heterocycles. The van der Waals surface area contributed by atoms with Crippen molar-refractivity contribution in [3.05, 3.63) is 55.9 Å². The summed E-state index contributed by atoms with van der Waals surface area (Å²) < 4.78 is 2.99. The van der Waals surface area contributed by atoms with Crippen LogP contribution in [0.2, 0.25) is 0 Å². The van der Waals surface area contributed by atoms with Gasteiger partial charge < -0.3 is 0 Å². The van der Waals surface area contributed by atoms with Crippen LogP contribution >= 0.6 is 0 Å². The van der Waals surface area contributed by atoms with Gasteiger partial charge in [-0.25, -0.2) is 9.36 Å². The molecule has 7 nitrogen and oxygen atoms in total. The van der Waals surface area contributed by atoms with E-state index < -0.39 is 0 Å². The number of nitrogens with zero attached hydrogens (tertiary/aromatic N) is 5. The molecular weight excluding hydrogens is 318 g/mol. The predicted molar refractivity (Wildman–Crippen MR) is 93.4 cm³/mol. The van der Waals surface area contributed by atoms with Gasteiger partial charge in [-0.05, 0) is 50.3 Å². The Morgan fingerprint density at radius 1 is 1.24 bits per heavy atom. The highest BCUT2D eigenvalue weighted by Gasteiger charge is 2.27. The average Bonchev–Trinajstić information content (AvgIpc) is 3.21. The van der Waals surface area contributed by atoms with Crippen molar-refractivity contribution >= 4 is 0 Å². The van der Waals surface area contributed by atoms with E-state index in [1.165, 1.54) is 4.68 Å². The molecular formula is C18H23N5O2. The van der Waals surface area contributed by atoms with Gasteiger partial charge in [0.25, 0.3) is 11.1 Å². The van der Waals surface area contributed by atoms with E-state index in [4.69, 9.17) is 0 Å². The molecule has 25 heavy (non-hydrogen) atoms. The minimum Gasteiger partial charge on any atom is -0.294 e. The Labute approximate surface area is 145 Å². The monoisotopic (exact) mass is 341 g/mol. The van der Waals surface area contributed by atoms with Crippen molar-refractivity contribution in [2.75, 3.05) is 6.54 Å². The minimum atomic E-state index is -0.0547. The molecule has 0 amide bonds. The highest BCUT2D eigenvalue weighted by atomic mass is 16.1. The number of hydrogen-bond acceptors (Lipinski definition) is 5. The molecule has 0 spiro atoms. The van der Waals surface area contributed by atoms with Crippen molar-refractivity contribution in [1.82, 2.24) is 24.5 Å². The topological polar surface area (TPSA) is 73.0 Å². The molecule has 0 radical (unpaired) electrons. The molecule has 4 rings (SSSR count). The number of aryl methyl sites for hydroxylation is 3. The maximum atomic E-state index is 12.4. The normalized spacial score (nSPS) is 20.1. The number of rotatable bonds is 4. The summed E-state index contributed by atoms with van der Waals surface area (Å²) >= 11 is 0. The quantitative estimate of drug-likeness (QED) is 0.809. The number of hydrogen-bond donors (Lipinski definition) is 0. The van der Waals surface area contributed by atoms with Crippen molar-refractivity contribution in [2.45, 2.75) is 51.2 Å². The van der Waals surface area contributed by atoms with E-state index in [9.17, 15) is 9.59 Å². The van der Waals surface area contributed by atoms with Crippen LogP contribution < -0.4 is 11.1 Å². The second kappa shape index (κ2) is 6.55. The van der Waals surface area contributed by atoms with Crippen LogP contribution in [0.15, 0.2) is 27.9 Å². The maximum Gasteiger partial charge on any atom is 0.270 e. The summed E-state index contributed by atoms with van der Waals surface area (Å²) in [6.07, 6.45) is 6.80. The van der Waals surface area contributed by atoms with Gasteiger partial charge in [0.15, 0.2) is 0 Å². The summed E-state index contributed by atoms with van der Waals surface area (Å²) in [6, 6.07) is 3.78. The number of likely N-dealkylation sites (tertiary alicyclic amines) is 1. The zero-order valence-corrected chi connectivity index (χ0v) is 14.5. The maximum absolute atomic E-state index is 12.4. The smallest absolute Gasteiger partial charge is 0.270 e. The highest BCUT2D eigenvalue weighted by Crippen LogP contribution is 2.21. The van der Waals surface area contributed by atoms with Crippen LogP contribution in [-0.4, -0.2) is 37.0 Å². The van der Waals surface area contributed by atoms with Gasteiger partial charge in [0.2, 0.25) is 0 Å². The molecule has 0 bridgehead atoms. The third-order valence-corrected chi connectivity index (χ3v) is 5.36. The van der Waals surface area contributed by atoms with E-state index in [1.807, 2.05) is 0 Å². The summed E-state index contributed by atoms with van der Waals surface area (Å²) in [5, 5.41) is 8.57. The van der Waals surface area contributed by atoms with E-state index >= 15 is 0 Å². The lowest BCUT2D eigenvalue weighted by atomic mass is 10.2. The van der Waals surface area contributed by atoms with Crippen LogP contribution in [-0.2, 0) is 33.0 Å². The third-order valence-electron chi connectivity index (χ3n) is 5.36. The van der Waals surface area contributed by atoms with Gasteiger partial charge in [-0.3, -0.25) is 14.5 Å². The zero-order chi connectivity index (χ0) is 17.4. The fraction of sp³-hybridized carbons (Fsp3) is 0.556. The lowest BCUT2D eigenvalue weighted by Gasteiger charge is -2.24. The Morgan fingerprint density at radius 2 is 2.12 bits per heavy atom. The minimum absolute atomic E-state index is 0.00711. The molecule has 2 aromatic heterocycles. The van der Waals surface area contributed by atoms with Gasteiger partial charge in [0, 0.05) is 37.5 Å². The van der Waals surface area contributed by atoms with Crippen molar-refractivity contribution in [1.29, 1.82) is 0 Å². The molecule has 2 aromatic rings. The molecule has 1 aliphatic carbocycles. The Kier molecular flexibility index (Phi) is 4.25. The molecule has 3 heterocycles. The molecule has 1 fully saturated rings. The van der Waals surface area contributed by atoms with E-state index in [2.05, 4.69) is 15.1 Å². The standard InChI is InChI=1S/C18H23N5O2/c1-21-18(25)14(7-8-19-21)11-22-9-3-5-15(22)12-23-17(24)10-13-4-2-6-16(13)20-23/h7-8,10,15H,2-6,9,11-12H2,1H3. The first-order chi connectivity index (χ1) is 12.1. The first-order valence-corrected chi connectivity index (χ1v) is 8.97. The average molecular weight is 341 g/mol. The van der Waals surface area contributed by atoms with Gasteiger partial charge in [-0.15, -0.1) is 0 Å². The first kappa shape index (κ1) is 16.2. The first-order valence-electron chi connectivity index (χ1n) is 8.97. The SMILES string of the molecule is Cn1nccc(CN2CCCC2Cn2nc3c(cc2=O)CCC3)c1=O. The fourth-order valence-corrected chi connectivity index (χ4v) is 3.97. The van der Waals surface area contributed by atoms with Crippen molar-refractivity contribution in [2.24, 2.45) is 7.05 Å². The molecule has 132 valence electrons. The molecule has 1 atom stereocenters. The van der Waals surface area contributed by atoms with E-state index in [0.29, 0.717) is 13.1 Å². The Morgan fingerprint density at radius 3 is 3.00 bits per heavy atom. The van der Waals surface area contributed by atoms with Crippen molar-refractivity contribution in [3.8, 4) is 0 Å². The van der Waals surface area contributed by atoms with E-state index in [1.54, 1.807) is 30.1 Å². The van der Waals surface area contributed by atoms with E-state index in [0.717, 1.165) is 55.5 Å². The molecule has 1 unspecified atom stereocenters. The summed E-state index contributed by atoms with van der Waals surface area (Å²) in [7, 11) is 1.67. The van der Waals surface area contributed by atoms with Crippen LogP contribution in [0.5, 0.6) is 0 Å². The van der Waals surface area contributed by atoms with Gasteiger partial charge in [0.1, 0.15) is 0 Å². The molecule has 7 heteroatoms. The predicted octanol–water partition coefficient (Wildman–Crippen LogP) is 0.490. The van der Waals surface area contributed by atoms with Crippen LogP contribution in [0.3, 0.4) is 0 Å². The Bertz CT molecular complexity index is 901. The number of aromatic nitrogens is 4. The van der Waals surface area contributed by atoms with Crippen molar-refractivity contribution < 1.29 is 0 Å². The lowest BCUT2D eigenvalue weighted by molar-refractivity contribution is 0.215. The summed E-state index contributed by atoms with van der Waals surface area (Å²) in [5.74, 6) is 0. The lowest BCUT2D eigenvalue weighted by Crippen LogP contribution is -2.38. The fourth-order valence-electron chi connectivity index (χ4n) is 3.97. The van der Waals surface area contributed by atoms with Gasteiger partial charge in [0.05, 0.1) is 12.2 Å². The molecule has 2 aliphatic rings. The molecule has 0 saturated carbocycles. The van der Waals surface area contributed by atoms with Gasteiger partial charge in [-0.1, -0.05) is 0 Å². The zero-order valence-electron chi connectivity index (χ0n) is 14.5. The Hall–Kier alpha value is -2.28. The molecule has 0 N–H and O–H groups in total. The summed E-state index contributed by atoms with van der Waals surface area (Å²) in [5.41, 5.74) is 2.88.